The highest BCUT2D eigenvalue weighted by Gasteiger charge is 2.28. The van der Waals surface area contributed by atoms with Gasteiger partial charge in [-0.1, -0.05) is 6.07 Å². The maximum atomic E-state index is 13.5. The van der Waals surface area contributed by atoms with Crippen LogP contribution >= 0.6 is 39.9 Å². The number of halogens is 3. The molecule has 1 fully saturated rings. The SMILES string of the molecule is CCNC(=NCc1ccc(Br)c(F)c1)NC1CCS(=O)(=O)C1.I. The monoisotopic (exact) mass is 519 g/mol. The molecule has 1 aromatic rings. The van der Waals surface area contributed by atoms with E-state index in [2.05, 4.69) is 31.6 Å². The van der Waals surface area contributed by atoms with Crippen LogP contribution in [-0.4, -0.2) is 38.5 Å². The molecule has 1 heterocycles. The lowest BCUT2D eigenvalue weighted by Crippen LogP contribution is -2.44. The number of rotatable bonds is 4. The minimum absolute atomic E-state index is 0. The Kier molecular flexibility index (Phi) is 8.22. The Labute approximate surface area is 161 Å². The van der Waals surface area contributed by atoms with Crippen molar-refractivity contribution in [1.29, 1.82) is 0 Å². The van der Waals surface area contributed by atoms with Crippen LogP contribution in [-0.2, 0) is 16.4 Å². The van der Waals surface area contributed by atoms with Gasteiger partial charge in [-0.25, -0.2) is 17.8 Å². The van der Waals surface area contributed by atoms with Crippen molar-refractivity contribution in [3.8, 4) is 0 Å². The second-order valence-electron chi connectivity index (χ2n) is 5.19. The third-order valence-corrected chi connectivity index (χ3v) is 5.73. The van der Waals surface area contributed by atoms with Crippen molar-refractivity contribution in [3.05, 3.63) is 34.1 Å². The van der Waals surface area contributed by atoms with Gasteiger partial charge in [-0.2, -0.15) is 0 Å². The van der Waals surface area contributed by atoms with Gasteiger partial charge < -0.3 is 10.6 Å². The van der Waals surface area contributed by atoms with Crippen molar-refractivity contribution < 1.29 is 12.8 Å². The number of sulfone groups is 1. The summed E-state index contributed by atoms with van der Waals surface area (Å²) in [7, 11) is -2.93. The summed E-state index contributed by atoms with van der Waals surface area (Å²) in [5.41, 5.74) is 0.747. The Morgan fingerprint density at radius 2 is 2.22 bits per heavy atom. The van der Waals surface area contributed by atoms with E-state index in [0.717, 1.165) is 5.56 Å². The van der Waals surface area contributed by atoms with Crippen molar-refractivity contribution in [2.75, 3.05) is 18.1 Å². The van der Waals surface area contributed by atoms with Gasteiger partial charge in [-0.15, -0.1) is 24.0 Å². The van der Waals surface area contributed by atoms with E-state index >= 15 is 0 Å². The smallest absolute Gasteiger partial charge is 0.191 e. The predicted molar refractivity (Wildman–Crippen MR) is 105 cm³/mol. The van der Waals surface area contributed by atoms with E-state index in [-0.39, 0.29) is 47.3 Å². The van der Waals surface area contributed by atoms with Crippen LogP contribution in [0.4, 0.5) is 4.39 Å². The minimum atomic E-state index is -2.93. The van der Waals surface area contributed by atoms with E-state index in [1.807, 2.05) is 6.92 Å². The van der Waals surface area contributed by atoms with Crippen LogP contribution in [0, 0.1) is 5.82 Å². The Hall–Kier alpha value is -0.420. The summed E-state index contributed by atoms with van der Waals surface area (Å²) in [5.74, 6) is 0.562. The highest BCUT2D eigenvalue weighted by atomic mass is 127. The summed E-state index contributed by atoms with van der Waals surface area (Å²) < 4.78 is 36.9. The van der Waals surface area contributed by atoms with Crippen LogP contribution in [0.1, 0.15) is 18.9 Å². The highest BCUT2D eigenvalue weighted by Crippen LogP contribution is 2.17. The van der Waals surface area contributed by atoms with Gasteiger partial charge >= 0.3 is 0 Å². The fourth-order valence-electron chi connectivity index (χ4n) is 2.23. The standard InChI is InChI=1S/C14H19BrFN3O2S.HI/c1-2-17-14(19-11-5-6-22(20,21)9-11)18-8-10-3-4-12(15)13(16)7-10;/h3-4,7,11H,2,5-6,8-9H2,1H3,(H2,17,18,19);1H. The average Bonchev–Trinajstić information content (AvgIpc) is 2.79. The van der Waals surface area contributed by atoms with E-state index < -0.39 is 9.84 Å². The Balaban J connectivity index is 0.00000264. The van der Waals surface area contributed by atoms with E-state index in [9.17, 15) is 12.8 Å². The molecule has 0 spiro atoms. The molecule has 1 aliphatic heterocycles. The lowest BCUT2D eigenvalue weighted by molar-refractivity contribution is 0.599. The molecule has 2 N–H and O–H groups in total. The van der Waals surface area contributed by atoms with Crippen molar-refractivity contribution >= 4 is 55.7 Å². The summed E-state index contributed by atoms with van der Waals surface area (Å²) >= 11 is 3.11. The highest BCUT2D eigenvalue weighted by molar-refractivity contribution is 14.0. The van der Waals surface area contributed by atoms with E-state index in [4.69, 9.17) is 0 Å². The van der Waals surface area contributed by atoms with Gasteiger partial charge in [0.2, 0.25) is 0 Å². The number of nitrogens with one attached hydrogen (secondary N) is 2. The third-order valence-electron chi connectivity index (χ3n) is 3.32. The van der Waals surface area contributed by atoms with Gasteiger partial charge in [0, 0.05) is 12.6 Å². The second kappa shape index (κ2) is 9.16. The molecular formula is C14H20BrFIN3O2S. The summed E-state index contributed by atoms with van der Waals surface area (Å²) in [6.45, 7) is 2.92. The van der Waals surface area contributed by atoms with Crippen molar-refractivity contribution in [1.82, 2.24) is 10.6 Å². The summed E-state index contributed by atoms with van der Waals surface area (Å²) in [5, 5.41) is 6.20. The van der Waals surface area contributed by atoms with Gasteiger partial charge in [0.05, 0.1) is 22.5 Å². The first kappa shape index (κ1) is 20.6. The van der Waals surface area contributed by atoms with Gasteiger partial charge in [-0.3, -0.25) is 0 Å². The fraction of sp³-hybridized carbons (Fsp3) is 0.500. The molecule has 0 saturated carbocycles. The first-order chi connectivity index (χ1) is 10.4. The number of aliphatic imine (C=N–C) groups is 1. The molecule has 9 heteroatoms. The summed E-state index contributed by atoms with van der Waals surface area (Å²) in [6, 6.07) is 4.74. The largest absolute Gasteiger partial charge is 0.357 e. The molecule has 1 aromatic carbocycles. The van der Waals surface area contributed by atoms with Crippen molar-refractivity contribution in [2.24, 2.45) is 4.99 Å². The quantitative estimate of drug-likeness (QED) is 0.364. The second-order valence-corrected chi connectivity index (χ2v) is 8.27. The van der Waals surface area contributed by atoms with Crippen molar-refractivity contribution in [3.63, 3.8) is 0 Å². The Bertz CT molecular complexity index is 670. The molecule has 0 aromatic heterocycles. The number of hydrogen-bond donors (Lipinski definition) is 2. The molecule has 0 aliphatic carbocycles. The van der Waals surface area contributed by atoms with Crippen LogP contribution in [0.25, 0.3) is 0 Å². The number of guanidine groups is 1. The van der Waals surface area contributed by atoms with Crippen LogP contribution < -0.4 is 10.6 Å². The van der Waals surface area contributed by atoms with Crippen LogP contribution in [0.5, 0.6) is 0 Å². The molecule has 130 valence electrons. The molecular weight excluding hydrogens is 500 g/mol. The lowest BCUT2D eigenvalue weighted by Gasteiger charge is -2.15. The fourth-order valence-corrected chi connectivity index (χ4v) is 4.15. The van der Waals surface area contributed by atoms with Crippen LogP contribution in [0.2, 0.25) is 0 Å². The number of benzene rings is 1. The van der Waals surface area contributed by atoms with Gasteiger partial charge in [0.15, 0.2) is 15.8 Å². The molecule has 2 rings (SSSR count). The summed E-state index contributed by atoms with van der Waals surface area (Å²) in [4.78, 5) is 4.38. The lowest BCUT2D eigenvalue weighted by atomic mass is 10.2. The van der Waals surface area contributed by atoms with E-state index in [1.165, 1.54) is 6.07 Å². The molecule has 0 amide bonds. The minimum Gasteiger partial charge on any atom is -0.357 e. The number of nitrogens with zero attached hydrogens (tertiary/aromatic N) is 1. The molecule has 1 saturated heterocycles. The summed E-state index contributed by atoms with van der Waals surface area (Å²) in [6.07, 6.45) is 0.583. The maximum absolute atomic E-state index is 13.5. The number of hydrogen-bond acceptors (Lipinski definition) is 3. The zero-order valence-corrected chi connectivity index (χ0v) is 17.4. The molecule has 1 unspecified atom stereocenters. The first-order valence-corrected chi connectivity index (χ1v) is 9.70. The molecule has 1 atom stereocenters. The normalized spacial score (nSPS) is 20.0. The topological polar surface area (TPSA) is 70.6 Å². The Morgan fingerprint density at radius 3 is 2.78 bits per heavy atom. The van der Waals surface area contributed by atoms with E-state index in [1.54, 1.807) is 12.1 Å². The van der Waals surface area contributed by atoms with Gasteiger partial charge in [-0.05, 0) is 47.0 Å². The third kappa shape index (κ3) is 6.54. The zero-order valence-electron chi connectivity index (χ0n) is 12.7. The van der Waals surface area contributed by atoms with Gasteiger partial charge in [0.1, 0.15) is 5.82 Å². The maximum Gasteiger partial charge on any atom is 0.191 e. The average molecular weight is 520 g/mol. The molecule has 0 bridgehead atoms. The predicted octanol–water partition coefficient (Wildman–Crippen LogP) is 2.45. The van der Waals surface area contributed by atoms with Gasteiger partial charge in [0.25, 0.3) is 0 Å². The van der Waals surface area contributed by atoms with E-state index in [0.29, 0.717) is 29.9 Å². The van der Waals surface area contributed by atoms with Crippen molar-refractivity contribution in [2.45, 2.75) is 25.9 Å². The molecule has 23 heavy (non-hydrogen) atoms. The van der Waals surface area contributed by atoms with Crippen LogP contribution in [0.3, 0.4) is 0 Å². The molecule has 5 nitrogen and oxygen atoms in total. The first-order valence-electron chi connectivity index (χ1n) is 7.09. The Morgan fingerprint density at radius 1 is 1.48 bits per heavy atom. The zero-order chi connectivity index (χ0) is 16.2. The van der Waals surface area contributed by atoms with Crippen LogP contribution in [0.15, 0.2) is 27.7 Å². The molecule has 1 aliphatic rings. The molecule has 0 radical (unpaired) electrons.